The number of carbonyl (C=O) groups is 1. The van der Waals surface area contributed by atoms with E-state index >= 15 is 0 Å². The fourth-order valence-electron chi connectivity index (χ4n) is 2.96. The second-order valence-corrected chi connectivity index (χ2v) is 4.86. The van der Waals surface area contributed by atoms with Gasteiger partial charge in [-0.3, -0.25) is 4.79 Å². The average Bonchev–Trinajstić information content (AvgIpc) is 2.74. The molecule has 4 heteroatoms. The topological polar surface area (TPSA) is 59.3 Å². The molecule has 4 atom stereocenters. The van der Waals surface area contributed by atoms with E-state index in [1.54, 1.807) is 0 Å². The number of nitriles is 1. The highest BCUT2D eigenvalue weighted by molar-refractivity contribution is 5.87. The number of fused-ring (bicyclic) bond motifs is 4. The predicted molar refractivity (Wildman–Crippen MR) is 54.1 cm³/mol. The Morgan fingerprint density at radius 1 is 1.62 bits per heavy atom. The van der Waals surface area contributed by atoms with Gasteiger partial charge in [0.2, 0.25) is 6.29 Å². The van der Waals surface area contributed by atoms with Crippen LogP contribution in [0.2, 0.25) is 0 Å². The first-order valence-electron chi connectivity index (χ1n) is 5.55. The first-order chi connectivity index (χ1) is 7.67. The van der Waals surface area contributed by atoms with E-state index in [9.17, 15) is 10.1 Å². The number of nitrogens with zero attached hydrogens (tertiary/aromatic N) is 1. The van der Waals surface area contributed by atoms with E-state index in [0.717, 1.165) is 0 Å². The van der Waals surface area contributed by atoms with E-state index in [0.29, 0.717) is 19.4 Å². The van der Waals surface area contributed by atoms with Gasteiger partial charge in [-0.2, -0.15) is 5.26 Å². The molecule has 0 aromatic carbocycles. The highest BCUT2D eigenvalue weighted by Gasteiger charge is 2.60. The van der Waals surface area contributed by atoms with Crippen molar-refractivity contribution in [2.45, 2.75) is 32.2 Å². The molecular formula is C12H13NO3. The molecule has 16 heavy (non-hydrogen) atoms. The van der Waals surface area contributed by atoms with E-state index in [1.165, 1.54) is 5.57 Å². The maximum Gasteiger partial charge on any atom is 0.218 e. The molecule has 4 nitrogen and oxygen atoms in total. The molecule has 2 fully saturated rings. The molecule has 3 rings (SSSR count). The second kappa shape index (κ2) is 3.16. The van der Waals surface area contributed by atoms with Gasteiger partial charge in [0.05, 0.1) is 18.1 Å². The zero-order chi connectivity index (χ0) is 11.3. The molecule has 2 heterocycles. The Bertz CT molecular complexity index is 422. The van der Waals surface area contributed by atoms with Crippen LogP contribution in [0.1, 0.15) is 19.8 Å². The monoisotopic (exact) mass is 219 g/mol. The number of hydrogen-bond donors (Lipinski definition) is 0. The van der Waals surface area contributed by atoms with Gasteiger partial charge in [-0.1, -0.05) is 11.6 Å². The average molecular weight is 219 g/mol. The molecule has 2 aliphatic heterocycles. The van der Waals surface area contributed by atoms with Gasteiger partial charge in [0.15, 0.2) is 5.78 Å². The summed E-state index contributed by atoms with van der Waals surface area (Å²) < 4.78 is 10.8. The summed E-state index contributed by atoms with van der Waals surface area (Å²) in [5.41, 5.74) is 0.495. The van der Waals surface area contributed by atoms with Crippen molar-refractivity contribution in [1.29, 1.82) is 5.26 Å². The quantitative estimate of drug-likeness (QED) is 0.574. The van der Waals surface area contributed by atoms with Gasteiger partial charge in [0, 0.05) is 5.92 Å². The van der Waals surface area contributed by atoms with Gasteiger partial charge in [-0.25, -0.2) is 0 Å². The van der Waals surface area contributed by atoms with E-state index in [1.807, 2.05) is 6.92 Å². The minimum absolute atomic E-state index is 0.0530. The summed E-state index contributed by atoms with van der Waals surface area (Å²) in [6.07, 6.45) is 2.37. The number of ketones is 1. The first-order valence-corrected chi connectivity index (χ1v) is 5.55. The minimum Gasteiger partial charge on any atom is -0.343 e. The van der Waals surface area contributed by atoms with Gasteiger partial charge < -0.3 is 9.47 Å². The number of hydrogen-bond acceptors (Lipinski definition) is 4. The van der Waals surface area contributed by atoms with Crippen molar-refractivity contribution in [2.75, 3.05) is 6.61 Å². The number of carbonyl (C=O) groups excluding carboxylic acids is 1. The van der Waals surface area contributed by atoms with Crippen molar-refractivity contribution >= 4 is 5.78 Å². The summed E-state index contributed by atoms with van der Waals surface area (Å²) in [6.45, 7) is 2.38. The molecule has 0 N–H and O–H groups in total. The molecular weight excluding hydrogens is 206 g/mol. The van der Waals surface area contributed by atoms with E-state index < -0.39 is 11.7 Å². The van der Waals surface area contributed by atoms with Crippen LogP contribution in [-0.4, -0.2) is 24.8 Å². The van der Waals surface area contributed by atoms with Crippen molar-refractivity contribution < 1.29 is 14.3 Å². The first kappa shape index (κ1) is 10.0. The van der Waals surface area contributed by atoms with Gasteiger partial charge in [-0.05, 0) is 19.8 Å². The largest absolute Gasteiger partial charge is 0.343 e. The third kappa shape index (κ3) is 1.07. The van der Waals surface area contributed by atoms with Crippen molar-refractivity contribution in [3.63, 3.8) is 0 Å². The maximum absolute atomic E-state index is 12.1. The molecule has 2 bridgehead atoms. The Morgan fingerprint density at radius 3 is 3.19 bits per heavy atom. The Balaban J connectivity index is 2.08. The standard InChI is InChI=1S/C12H13NO3/c1-7-2-3-12(6-13)8(4-7)10(14)11-15-5-9(12)16-11/h2,8-9,11H,3-5H2,1H3/t8-,9+,11+,12+/m0/s1. The van der Waals surface area contributed by atoms with Crippen molar-refractivity contribution in [1.82, 2.24) is 0 Å². The molecule has 0 aromatic rings. The number of allylic oxidation sites excluding steroid dienone is 2. The molecule has 2 saturated heterocycles. The Labute approximate surface area is 93.8 Å². The molecule has 84 valence electrons. The fourth-order valence-corrected chi connectivity index (χ4v) is 2.96. The van der Waals surface area contributed by atoms with Crippen LogP contribution in [0.25, 0.3) is 0 Å². The molecule has 0 saturated carbocycles. The molecule has 0 unspecified atom stereocenters. The van der Waals surface area contributed by atoms with Crippen LogP contribution in [0.3, 0.4) is 0 Å². The van der Waals surface area contributed by atoms with Gasteiger partial charge in [0.25, 0.3) is 0 Å². The second-order valence-electron chi connectivity index (χ2n) is 4.86. The van der Waals surface area contributed by atoms with Crippen LogP contribution in [0.15, 0.2) is 11.6 Å². The molecule has 0 amide bonds. The van der Waals surface area contributed by atoms with Crippen molar-refractivity contribution in [3.8, 4) is 6.07 Å². The van der Waals surface area contributed by atoms with Crippen LogP contribution in [-0.2, 0) is 14.3 Å². The zero-order valence-electron chi connectivity index (χ0n) is 9.10. The third-order valence-electron chi connectivity index (χ3n) is 3.98. The number of ether oxygens (including phenoxy) is 2. The third-order valence-corrected chi connectivity index (χ3v) is 3.98. The number of rotatable bonds is 0. The number of Topliss-reactive ketones (excluding diaryl/α,β-unsaturated/α-hetero) is 1. The lowest BCUT2D eigenvalue weighted by Gasteiger charge is -2.42. The van der Waals surface area contributed by atoms with Gasteiger partial charge in [-0.15, -0.1) is 0 Å². The smallest absolute Gasteiger partial charge is 0.218 e. The lowest BCUT2D eigenvalue weighted by molar-refractivity contribution is -0.172. The zero-order valence-corrected chi connectivity index (χ0v) is 9.10. The molecule has 0 aromatic heterocycles. The van der Waals surface area contributed by atoms with Crippen molar-refractivity contribution in [3.05, 3.63) is 11.6 Å². The highest BCUT2D eigenvalue weighted by Crippen LogP contribution is 2.50. The summed E-state index contributed by atoms with van der Waals surface area (Å²) in [5.74, 6) is -0.295. The van der Waals surface area contributed by atoms with Crippen LogP contribution in [0, 0.1) is 22.7 Å². The SMILES string of the molecule is CC1=CC[C@]2(C#N)[C@H]3CO[C@H](O3)C(=O)[C@@H]2C1. The highest BCUT2D eigenvalue weighted by atomic mass is 16.7. The Hall–Kier alpha value is -1.18. The van der Waals surface area contributed by atoms with E-state index in [-0.39, 0.29) is 17.8 Å². The molecule has 0 spiro atoms. The van der Waals surface area contributed by atoms with E-state index in [2.05, 4.69) is 12.1 Å². The summed E-state index contributed by atoms with van der Waals surface area (Å²) in [7, 11) is 0. The van der Waals surface area contributed by atoms with Gasteiger partial charge in [0.1, 0.15) is 6.10 Å². The molecule has 0 radical (unpaired) electrons. The summed E-state index contributed by atoms with van der Waals surface area (Å²) in [4.78, 5) is 12.1. The lowest BCUT2D eigenvalue weighted by atomic mass is 9.62. The lowest BCUT2D eigenvalue weighted by Crippen LogP contribution is -2.52. The van der Waals surface area contributed by atoms with Crippen LogP contribution >= 0.6 is 0 Å². The van der Waals surface area contributed by atoms with Crippen molar-refractivity contribution in [2.24, 2.45) is 11.3 Å². The predicted octanol–water partition coefficient (Wildman–Crippen LogP) is 1.18. The summed E-state index contributed by atoms with van der Waals surface area (Å²) >= 11 is 0. The normalized spacial score (nSPS) is 45.9. The van der Waals surface area contributed by atoms with Gasteiger partial charge >= 0.3 is 0 Å². The summed E-state index contributed by atoms with van der Waals surface area (Å²) in [5, 5.41) is 9.43. The summed E-state index contributed by atoms with van der Waals surface area (Å²) in [6, 6.07) is 2.33. The fraction of sp³-hybridized carbons (Fsp3) is 0.667. The Kier molecular flexibility index (Phi) is 1.97. The van der Waals surface area contributed by atoms with Crippen LogP contribution in [0.5, 0.6) is 0 Å². The molecule has 3 aliphatic rings. The van der Waals surface area contributed by atoms with Crippen LogP contribution in [0.4, 0.5) is 0 Å². The molecule has 1 aliphatic carbocycles. The maximum atomic E-state index is 12.1. The van der Waals surface area contributed by atoms with E-state index in [4.69, 9.17) is 9.47 Å². The van der Waals surface area contributed by atoms with Crippen LogP contribution < -0.4 is 0 Å². The minimum atomic E-state index is -0.720. The Morgan fingerprint density at radius 2 is 2.44 bits per heavy atom.